The molecule has 4 N–H and O–H groups in total. The van der Waals surface area contributed by atoms with Crippen molar-refractivity contribution in [3.8, 4) is 11.1 Å². The number of carbonyl (C=O) groups excluding carboxylic acids is 2. The lowest BCUT2D eigenvalue weighted by molar-refractivity contribution is -0.139. The minimum atomic E-state index is -1.32. The molecule has 0 bridgehead atoms. The maximum Gasteiger partial charge on any atom is 0.407 e. The van der Waals surface area contributed by atoms with E-state index in [1.54, 1.807) is 6.92 Å². The van der Waals surface area contributed by atoms with E-state index in [4.69, 9.17) is 4.74 Å². The van der Waals surface area contributed by atoms with Crippen molar-refractivity contribution < 1.29 is 29.3 Å². The molecule has 2 aromatic carbocycles. The highest BCUT2D eigenvalue weighted by Crippen LogP contribution is 2.44. The van der Waals surface area contributed by atoms with Crippen LogP contribution in [-0.2, 0) is 14.3 Å². The highest BCUT2D eigenvalue weighted by atomic mass is 16.5. The third-order valence-electron chi connectivity index (χ3n) is 6.69. The Morgan fingerprint density at radius 3 is 2.24 bits per heavy atom. The van der Waals surface area contributed by atoms with Crippen LogP contribution < -0.4 is 10.7 Å². The number of benzene rings is 2. The largest absolute Gasteiger partial charge is 0.511 e. The van der Waals surface area contributed by atoms with Gasteiger partial charge in [0, 0.05) is 18.8 Å². The maximum absolute atomic E-state index is 12.5. The number of carboxylic acid groups (broad SMARTS) is 1. The second kappa shape index (κ2) is 10.5. The monoisotopic (exact) mass is 505 g/mol. The number of ether oxygens (including phenoxy) is 1. The van der Waals surface area contributed by atoms with Gasteiger partial charge < -0.3 is 25.7 Å². The number of carboxylic acids is 1. The smallest absolute Gasteiger partial charge is 0.407 e. The normalized spacial score (nSPS) is 17.6. The predicted octanol–water partition coefficient (Wildman–Crippen LogP) is 4.15. The molecule has 0 heterocycles. The van der Waals surface area contributed by atoms with Crippen LogP contribution >= 0.6 is 0 Å². The van der Waals surface area contributed by atoms with Crippen LogP contribution in [0, 0.1) is 5.41 Å². The van der Waals surface area contributed by atoms with Gasteiger partial charge in [0.1, 0.15) is 18.4 Å². The van der Waals surface area contributed by atoms with E-state index >= 15 is 0 Å². The number of carbonyl (C=O) groups is 3. The van der Waals surface area contributed by atoms with Crippen molar-refractivity contribution in [2.75, 3.05) is 13.2 Å². The summed E-state index contributed by atoms with van der Waals surface area (Å²) >= 11 is 0. The number of aliphatic hydroxyl groups excluding tert-OH is 1. The lowest BCUT2D eigenvalue weighted by Crippen LogP contribution is -2.47. The number of nitrogens with one attached hydrogen (secondary N) is 2. The SMILES string of the molecule is CC(=NNC[C@H](NC(=O)OCC1c2ccccc2-c2ccccc21)C(=O)O)C1=C(O)CC(C)(C)CC1=O. The van der Waals surface area contributed by atoms with Crippen molar-refractivity contribution in [3.63, 3.8) is 0 Å². The van der Waals surface area contributed by atoms with Gasteiger partial charge in [-0.15, -0.1) is 0 Å². The molecule has 0 unspecified atom stereocenters. The summed E-state index contributed by atoms with van der Waals surface area (Å²) in [5.74, 6) is -1.67. The summed E-state index contributed by atoms with van der Waals surface area (Å²) in [5, 5.41) is 26.3. The van der Waals surface area contributed by atoms with E-state index < -0.39 is 18.1 Å². The van der Waals surface area contributed by atoms with Crippen molar-refractivity contribution >= 4 is 23.6 Å². The second-order valence-corrected chi connectivity index (χ2v) is 10.2. The Hall–Kier alpha value is -4.14. The molecule has 9 nitrogen and oxygen atoms in total. The minimum Gasteiger partial charge on any atom is -0.511 e. The summed E-state index contributed by atoms with van der Waals surface area (Å²) in [6.07, 6.45) is -0.232. The zero-order valence-electron chi connectivity index (χ0n) is 21.1. The van der Waals surface area contributed by atoms with E-state index in [1.807, 2.05) is 62.4 Å². The molecule has 2 aliphatic rings. The van der Waals surface area contributed by atoms with E-state index in [1.165, 1.54) is 0 Å². The summed E-state index contributed by atoms with van der Waals surface area (Å²) in [5.41, 5.74) is 6.94. The summed E-state index contributed by atoms with van der Waals surface area (Å²) in [6.45, 7) is 5.17. The number of fused-ring (bicyclic) bond motifs is 3. The first-order chi connectivity index (χ1) is 17.6. The number of Topliss-reactive ketones (excluding diaryl/α,β-unsaturated/α-hetero) is 1. The van der Waals surface area contributed by atoms with Gasteiger partial charge in [-0.3, -0.25) is 4.79 Å². The van der Waals surface area contributed by atoms with E-state index in [-0.39, 0.29) is 53.7 Å². The molecule has 0 saturated heterocycles. The molecule has 0 aliphatic heterocycles. The fourth-order valence-electron chi connectivity index (χ4n) is 4.99. The van der Waals surface area contributed by atoms with Crippen LogP contribution in [0.2, 0.25) is 0 Å². The third kappa shape index (κ3) is 5.66. The fraction of sp³-hybridized carbons (Fsp3) is 0.357. The molecular weight excluding hydrogens is 474 g/mol. The van der Waals surface area contributed by atoms with E-state index in [9.17, 15) is 24.6 Å². The minimum absolute atomic E-state index is 0.0316. The number of nitrogens with zero attached hydrogens (tertiary/aromatic N) is 1. The zero-order chi connectivity index (χ0) is 26.7. The van der Waals surface area contributed by atoms with Gasteiger partial charge in [0.25, 0.3) is 0 Å². The number of amides is 1. The van der Waals surface area contributed by atoms with Gasteiger partial charge in [-0.1, -0.05) is 62.4 Å². The Morgan fingerprint density at radius 2 is 1.68 bits per heavy atom. The molecule has 37 heavy (non-hydrogen) atoms. The highest BCUT2D eigenvalue weighted by Gasteiger charge is 2.34. The van der Waals surface area contributed by atoms with Gasteiger partial charge in [-0.2, -0.15) is 5.10 Å². The number of alkyl carbamates (subject to hydrolysis) is 1. The van der Waals surface area contributed by atoms with Crippen molar-refractivity contribution in [3.05, 3.63) is 71.0 Å². The molecule has 2 aromatic rings. The van der Waals surface area contributed by atoms with E-state index in [0.29, 0.717) is 6.42 Å². The number of rotatable bonds is 8. The first kappa shape index (κ1) is 25.9. The summed E-state index contributed by atoms with van der Waals surface area (Å²) in [7, 11) is 0. The number of aliphatic carboxylic acids is 1. The molecule has 0 radical (unpaired) electrons. The number of allylic oxidation sites excluding steroid dienone is 2. The molecule has 1 amide bonds. The molecule has 9 heteroatoms. The zero-order valence-corrected chi connectivity index (χ0v) is 21.1. The number of hydrazone groups is 1. The number of hydrogen-bond donors (Lipinski definition) is 4. The Kier molecular flexibility index (Phi) is 7.33. The molecule has 194 valence electrons. The van der Waals surface area contributed by atoms with Crippen molar-refractivity contribution in [2.45, 2.75) is 45.6 Å². The van der Waals surface area contributed by atoms with E-state index in [0.717, 1.165) is 22.3 Å². The standard InChI is InChI=1S/C28H31N3O6/c1-16(25-23(32)12-28(2,3)13-24(25)33)31-29-14-22(26(34)35)30-27(36)37-15-21-19-10-6-4-8-17(19)18-9-5-7-11-20(18)21/h4-11,21-22,29,32H,12-15H2,1-3H3,(H,30,36)(H,34,35)/t22-/m0/s1. The van der Waals surface area contributed by atoms with Gasteiger partial charge in [-0.05, 0) is 34.6 Å². The van der Waals surface area contributed by atoms with Crippen LogP contribution in [-0.4, -0.2) is 53.0 Å². The summed E-state index contributed by atoms with van der Waals surface area (Å²) < 4.78 is 5.43. The van der Waals surface area contributed by atoms with Crippen LogP contribution in [0.4, 0.5) is 4.79 Å². The van der Waals surface area contributed by atoms with Crippen LogP contribution in [0.15, 0.2) is 65.0 Å². The quantitative estimate of drug-likeness (QED) is 0.312. The Labute approximate surface area is 215 Å². The molecule has 2 aliphatic carbocycles. The third-order valence-corrected chi connectivity index (χ3v) is 6.69. The van der Waals surface area contributed by atoms with E-state index in [2.05, 4.69) is 15.8 Å². The molecule has 0 aromatic heterocycles. The van der Waals surface area contributed by atoms with Crippen molar-refractivity contribution in [2.24, 2.45) is 10.5 Å². The van der Waals surface area contributed by atoms with Gasteiger partial charge in [0.05, 0.1) is 17.8 Å². The molecule has 0 spiro atoms. The Bertz CT molecular complexity index is 1250. The first-order valence-corrected chi connectivity index (χ1v) is 12.1. The Balaban J connectivity index is 1.35. The topological polar surface area (TPSA) is 137 Å². The first-order valence-electron chi connectivity index (χ1n) is 12.1. The van der Waals surface area contributed by atoms with Gasteiger partial charge in [0.2, 0.25) is 0 Å². The molecule has 1 atom stereocenters. The summed E-state index contributed by atoms with van der Waals surface area (Å²) in [4.78, 5) is 36.7. The average molecular weight is 506 g/mol. The predicted molar refractivity (Wildman–Crippen MR) is 138 cm³/mol. The lowest BCUT2D eigenvalue weighted by atomic mass is 9.76. The van der Waals surface area contributed by atoms with Gasteiger partial charge >= 0.3 is 12.1 Å². The van der Waals surface area contributed by atoms with Crippen LogP contribution in [0.1, 0.15) is 50.7 Å². The number of hydrogen-bond acceptors (Lipinski definition) is 7. The van der Waals surface area contributed by atoms with Crippen LogP contribution in [0.25, 0.3) is 11.1 Å². The second-order valence-electron chi connectivity index (χ2n) is 10.2. The summed E-state index contributed by atoms with van der Waals surface area (Å²) in [6, 6.07) is 14.5. The van der Waals surface area contributed by atoms with Gasteiger partial charge in [-0.25, -0.2) is 9.59 Å². The highest BCUT2D eigenvalue weighted by molar-refractivity contribution is 6.22. The van der Waals surface area contributed by atoms with Crippen molar-refractivity contribution in [1.29, 1.82) is 0 Å². The van der Waals surface area contributed by atoms with Crippen LogP contribution in [0.3, 0.4) is 0 Å². The van der Waals surface area contributed by atoms with Crippen LogP contribution in [0.5, 0.6) is 0 Å². The van der Waals surface area contributed by atoms with Gasteiger partial charge in [0.15, 0.2) is 5.78 Å². The molecule has 4 rings (SSSR count). The number of aliphatic hydroxyl groups is 1. The fourth-order valence-corrected chi connectivity index (χ4v) is 4.99. The Morgan fingerprint density at radius 1 is 1.08 bits per heavy atom. The molecule has 0 fully saturated rings. The molecular formula is C28H31N3O6. The maximum atomic E-state index is 12.5. The average Bonchev–Trinajstić information content (AvgIpc) is 3.14. The number of ketones is 1. The lowest BCUT2D eigenvalue weighted by Gasteiger charge is -2.29. The van der Waals surface area contributed by atoms with Crippen molar-refractivity contribution in [1.82, 2.24) is 10.7 Å². The molecule has 0 saturated carbocycles.